The van der Waals surface area contributed by atoms with Gasteiger partial charge in [-0.2, -0.15) is 0 Å². The van der Waals surface area contributed by atoms with Crippen molar-refractivity contribution in [2.24, 2.45) is 10.7 Å². The van der Waals surface area contributed by atoms with Gasteiger partial charge in [-0.25, -0.2) is 4.99 Å². The number of hydrogen-bond donors (Lipinski definition) is 2. The van der Waals surface area contributed by atoms with Crippen molar-refractivity contribution in [2.45, 2.75) is 33.1 Å². The van der Waals surface area contributed by atoms with Crippen molar-refractivity contribution in [3.05, 3.63) is 47.3 Å². The van der Waals surface area contributed by atoms with E-state index >= 15 is 0 Å². The molecule has 2 heterocycles. The summed E-state index contributed by atoms with van der Waals surface area (Å²) in [6, 6.07) is 0. The highest BCUT2D eigenvalue weighted by Gasteiger charge is 2.25. The number of piperidine rings is 1. The summed E-state index contributed by atoms with van der Waals surface area (Å²) in [6.07, 6.45) is 14.6. The average Bonchev–Trinajstić information content (AvgIpc) is 3.08. The fraction of sp³-hybridized carbons (Fsp3) is 0.435. The fourth-order valence-corrected chi connectivity index (χ4v) is 3.69. The van der Waals surface area contributed by atoms with Crippen LogP contribution >= 0.6 is 0 Å². The van der Waals surface area contributed by atoms with Gasteiger partial charge in [0.2, 0.25) is 0 Å². The molecule has 1 aliphatic heterocycles. The fourth-order valence-electron chi connectivity index (χ4n) is 3.69. The van der Waals surface area contributed by atoms with Crippen molar-refractivity contribution >= 4 is 23.3 Å². The number of nitrogens with zero attached hydrogens (tertiary/aromatic N) is 3. The van der Waals surface area contributed by atoms with Gasteiger partial charge in [0.25, 0.3) is 5.88 Å². The molecule has 1 saturated heterocycles. The summed E-state index contributed by atoms with van der Waals surface area (Å²) >= 11 is 0. The number of carbonyl (C=O) groups is 1. The zero-order chi connectivity index (χ0) is 21.6. The number of rotatable bonds is 7. The van der Waals surface area contributed by atoms with Crippen molar-refractivity contribution in [2.75, 3.05) is 33.3 Å². The second-order valence-corrected chi connectivity index (χ2v) is 8.16. The van der Waals surface area contributed by atoms with Crippen LogP contribution in [-0.4, -0.2) is 59.5 Å². The maximum atomic E-state index is 11.8. The Kier molecular flexibility index (Phi) is 7.05. The highest BCUT2D eigenvalue weighted by Crippen LogP contribution is 2.31. The van der Waals surface area contributed by atoms with E-state index in [-0.39, 0.29) is 5.78 Å². The second-order valence-electron chi connectivity index (χ2n) is 8.16. The summed E-state index contributed by atoms with van der Waals surface area (Å²) in [5.74, 6) is 0.351. The number of hydrogen-bond acceptors (Lipinski definition) is 5. The van der Waals surface area contributed by atoms with E-state index in [1.165, 1.54) is 38.4 Å². The Morgan fingerprint density at radius 3 is 2.77 bits per heavy atom. The number of nitrogens with two attached hydrogens (primary N) is 1. The molecule has 0 saturated carbocycles. The highest BCUT2D eigenvalue weighted by atomic mass is 16.5. The van der Waals surface area contributed by atoms with E-state index in [1.54, 1.807) is 13.0 Å². The van der Waals surface area contributed by atoms with E-state index in [2.05, 4.69) is 17.2 Å². The number of likely N-dealkylation sites (N-methyl/N-ethyl adjacent to an activating group) is 1. The Balaban J connectivity index is 1.84. The lowest BCUT2D eigenvalue weighted by Crippen LogP contribution is -2.50. The molecule has 0 radical (unpaired) electrons. The third-order valence-corrected chi connectivity index (χ3v) is 5.62. The molecule has 2 aliphatic rings. The van der Waals surface area contributed by atoms with Crippen LogP contribution in [0.15, 0.2) is 46.6 Å². The average molecular weight is 411 g/mol. The van der Waals surface area contributed by atoms with Crippen LogP contribution < -0.4 is 10.5 Å². The largest absolute Gasteiger partial charge is 0.469 e. The number of aromatic nitrogens is 2. The van der Waals surface area contributed by atoms with Crippen molar-refractivity contribution in [1.82, 2.24) is 10.2 Å². The minimum atomic E-state index is -0.0955. The molecule has 0 unspecified atom stereocenters. The van der Waals surface area contributed by atoms with Gasteiger partial charge >= 0.3 is 0 Å². The van der Waals surface area contributed by atoms with Crippen LogP contribution in [0.4, 0.5) is 5.69 Å². The summed E-state index contributed by atoms with van der Waals surface area (Å²) in [5.41, 5.74) is 8.83. The minimum absolute atomic E-state index is 0.0955. The highest BCUT2D eigenvalue weighted by molar-refractivity contribution is 6.22. The Bertz CT molecular complexity index is 927. The first-order valence-corrected chi connectivity index (χ1v) is 10.5. The standard InChI is InChI=1S/C23H31N5O2/c1-4-5-7-10-19-22(25-20-15-17(2)21(29)16-18(20)24)23(27-26-19)30-14-13-28(3)11-8-6-9-12-28/h4-5,7,10,15-16H,6,8-9,11-14H2,1-3H3,(H2-,24,26,27,29)/p+1/b5-4-,10-7-. The zero-order valence-electron chi connectivity index (χ0n) is 18.1. The number of H-pyrrole nitrogens is 1. The van der Waals surface area contributed by atoms with Crippen molar-refractivity contribution in [3.63, 3.8) is 0 Å². The van der Waals surface area contributed by atoms with E-state index in [0.29, 0.717) is 35.2 Å². The molecular formula is C23H32N5O2+. The van der Waals surface area contributed by atoms with Crippen LogP contribution in [0.2, 0.25) is 0 Å². The molecule has 3 rings (SSSR count). The normalized spacial score (nSPS) is 20.8. The molecule has 3 N–H and O–H groups in total. The monoisotopic (exact) mass is 410 g/mol. The van der Waals surface area contributed by atoms with E-state index in [9.17, 15) is 4.79 Å². The molecule has 0 spiro atoms. The van der Waals surface area contributed by atoms with E-state index in [0.717, 1.165) is 16.7 Å². The van der Waals surface area contributed by atoms with Gasteiger partial charge in [-0.15, -0.1) is 5.10 Å². The van der Waals surface area contributed by atoms with Crippen molar-refractivity contribution in [1.29, 1.82) is 0 Å². The summed E-state index contributed by atoms with van der Waals surface area (Å²) in [7, 11) is 2.29. The first kappa shape index (κ1) is 21.8. The lowest BCUT2D eigenvalue weighted by atomic mass is 10.0. The van der Waals surface area contributed by atoms with Crippen LogP contribution in [0, 0.1) is 0 Å². The number of allylic oxidation sites excluding steroid dienone is 6. The molecule has 0 atom stereocenters. The van der Waals surface area contributed by atoms with Gasteiger partial charge in [-0.3, -0.25) is 9.89 Å². The third kappa shape index (κ3) is 5.36. The molecular weight excluding hydrogens is 378 g/mol. The molecule has 160 valence electrons. The van der Waals surface area contributed by atoms with Crippen LogP contribution in [0.3, 0.4) is 0 Å². The number of quaternary nitrogens is 1. The predicted octanol–water partition coefficient (Wildman–Crippen LogP) is 3.45. The molecule has 0 aromatic carbocycles. The van der Waals surface area contributed by atoms with E-state index in [4.69, 9.17) is 15.5 Å². The molecule has 0 bridgehead atoms. The Morgan fingerprint density at radius 1 is 1.27 bits per heavy atom. The van der Waals surface area contributed by atoms with Gasteiger partial charge in [0.15, 0.2) is 11.5 Å². The Hall–Kier alpha value is -2.93. The van der Waals surface area contributed by atoms with Gasteiger partial charge in [0.05, 0.1) is 37.2 Å². The van der Waals surface area contributed by atoms with Crippen molar-refractivity contribution < 1.29 is 14.0 Å². The maximum absolute atomic E-state index is 11.8. The number of ketones is 1. The lowest BCUT2D eigenvalue weighted by molar-refractivity contribution is -0.914. The number of nitrogens with one attached hydrogen (secondary N) is 1. The molecule has 7 nitrogen and oxygen atoms in total. The Labute approximate surface area is 178 Å². The number of ether oxygens (including phenoxy) is 1. The number of likely N-dealkylation sites (tertiary alicyclic amines) is 1. The van der Waals surface area contributed by atoms with Gasteiger partial charge in [-0.1, -0.05) is 18.2 Å². The molecule has 7 heteroatoms. The number of aromatic amines is 1. The van der Waals surface area contributed by atoms with Gasteiger partial charge < -0.3 is 15.0 Å². The van der Waals surface area contributed by atoms with Gasteiger partial charge in [0, 0.05) is 6.08 Å². The van der Waals surface area contributed by atoms with Crippen LogP contribution in [-0.2, 0) is 4.79 Å². The smallest absolute Gasteiger partial charge is 0.259 e. The van der Waals surface area contributed by atoms with E-state index < -0.39 is 0 Å². The van der Waals surface area contributed by atoms with Crippen molar-refractivity contribution in [3.8, 4) is 5.88 Å². The summed E-state index contributed by atoms with van der Waals surface area (Å²) in [6.45, 7) is 7.59. The summed E-state index contributed by atoms with van der Waals surface area (Å²) in [4.78, 5) is 16.5. The minimum Gasteiger partial charge on any atom is -0.469 e. The molecule has 30 heavy (non-hydrogen) atoms. The third-order valence-electron chi connectivity index (χ3n) is 5.62. The molecule has 1 fully saturated rings. The molecule has 0 amide bonds. The Morgan fingerprint density at radius 2 is 2.03 bits per heavy atom. The van der Waals surface area contributed by atoms with Gasteiger partial charge in [-0.05, 0) is 50.8 Å². The second kappa shape index (κ2) is 9.71. The van der Waals surface area contributed by atoms with Crippen LogP contribution in [0.25, 0.3) is 6.08 Å². The van der Waals surface area contributed by atoms with Crippen LogP contribution in [0.5, 0.6) is 5.88 Å². The first-order chi connectivity index (χ1) is 14.4. The summed E-state index contributed by atoms with van der Waals surface area (Å²) in [5, 5.41) is 7.34. The van der Waals surface area contributed by atoms with Crippen LogP contribution in [0.1, 0.15) is 38.8 Å². The predicted molar refractivity (Wildman–Crippen MR) is 121 cm³/mol. The molecule has 1 aliphatic carbocycles. The molecule has 1 aromatic heterocycles. The first-order valence-electron chi connectivity index (χ1n) is 10.5. The number of aliphatic imine (C=N–C) groups is 1. The van der Waals surface area contributed by atoms with Gasteiger partial charge in [0.1, 0.15) is 13.2 Å². The topological polar surface area (TPSA) is 93.4 Å². The quantitative estimate of drug-likeness (QED) is 0.409. The SMILES string of the molecule is C/C=C\C=C/c1[nH]nc(OCC[N+]2(C)CCCCC2)c1/N=C1\C=C(C)C(=O)C=C1N. The lowest BCUT2D eigenvalue weighted by Gasteiger charge is -2.37. The summed E-state index contributed by atoms with van der Waals surface area (Å²) < 4.78 is 7.08. The van der Waals surface area contributed by atoms with E-state index in [1.807, 2.05) is 31.2 Å². The maximum Gasteiger partial charge on any atom is 0.259 e. The zero-order valence-corrected chi connectivity index (χ0v) is 18.1. The number of carbonyl (C=O) groups excluding carboxylic acids is 1. The molecule has 1 aromatic rings.